The zero-order valence-electron chi connectivity index (χ0n) is 18.7. The van der Waals surface area contributed by atoms with Gasteiger partial charge in [-0.15, -0.1) is 0 Å². The third kappa shape index (κ3) is 10.3. The number of esters is 1. The Morgan fingerprint density at radius 3 is 1.54 bits per heavy atom. The van der Waals surface area contributed by atoms with Crippen LogP contribution in [0.15, 0.2) is 12.7 Å². The third-order valence-corrected chi connectivity index (χ3v) is 16.3. The average Bonchev–Trinajstić information content (AvgIpc) is 2.66. The highest BCUT2D eigenvalue weighted by Crippen LogP contribution is 2.59. The van der Waals surface area contributed by atoms with Gasteiger partial charge in [0.15, 0.2) is 0 Å². The lowest BCUT2D eigenvalue weighted by atomic mass is 10.4. The van der Waals surface area contributed by atoms with E-state index in [2.05, 4.69) is 48.1 Å². The number of nitrogens with zero attached hydrogens (tertiary/aromatic N) is 2. The molecule has 0 radical (unpaired) electrons. The fraction of sp³-hybridized carbons (Fsp3) is 0.833. The largest absolute Gasteiger partial charge is 0.409 e. The summed E-state index contributed by atoms with van der Waals surface area (Å²) in [7, 11) is 5.37. The lowest BCUT2D eigenvalue weighted by Crippen LogP contribution is -2.41. The minimum absolute atomic E-state index is 0.0113. The van der Waals surface area contributed by atoms with Crippen LogP contribution in [-0.2, 0) is 9.53 Å². The van der Waals surface area contributed by atoms with E-state index in [4.69, 9.17) is 4.74 Å². The second-order valence-electron chi connectivity index (χ2n) is 6.21. The van der Waals surface area contributed by atoms with Crippen molar-refractivity contribution < 1.29 is 17.1 Å². The number of quaternary nitrogens is 2. The molecule has 0 aliphatic carbocycles. The van der Waals surface area contributed by atoms with Gasteiger partial charge in [-0.25, -0.2) is 4.79 Å². The summed E-state index contributed by atoms with van der Waals surface area (Å²) in [5.74, 6) is -0.248. The molecule has 7 unspecified atom stereocenters. The summed E-state index contributed by atoms with van der Waals surface area (Å²) < 4.78 is 8.35. The van der Waals surface area contributed by atoms with Crippen LogP contribution in [0.4, 0.5) is 0 Å². The fourth-order valence-electron chi connectivity index (χ4n) is 3.25. The van der Waals surface area contributed by atoms with Gasteiger partial charge in [0.05, 0.1) is 65.4 Å². The summed E-state index contributed by atoms with van der Waals surface area (Å²) >= 11 is 0. The van der Waals surface area contributed by atoms with E-state index in [9.17, 15) is 4.79 Å². The number of carbonyl (C=O) groups excluding carboxylic acids is 1. The molecule has 0 bridgehead atoms. The fourth-order valence-corrected chi connectivity index (χ4v) is 16.8. The predicted molar refractivity (Wildman–Crippen MR) is 143 cm³/mol. The first kappa shape index (κ1) is 29.7. The summed E-state index contributed by atoms with van der Waals surface area (Å²) in [6, 6.07) is 0. The summed E-state index contributed by atoms with van der Waals surface area (Å²) in [6.45, 7) is 18.6. The second-order valence-corrected chi connectivity index (χ2v) is 19.4. The summed E-state index contributed by atoms with van der Waals surface area (Å²) in [5, 5.41) is 0. The highest BCUT2D eigenvalue weighted by Gasteiger charge is 2.41. The van der Waals surface area contributed by atoms with E-state index in [0.29, 0.717) is 0 Å². The van der Waals surface area contributed by atoms with Gasteiger partial charge >= 0.3 is 5.97 Å². The molecular formula is C18H44N2O2P6+2. The van der Waals surface area contributed by atoms with E-state index in [1.54, 1.807) is 0 Å². The van der Waals surface area contributed by atoms with Crippen LogP contribution in [0.5, 0.6) is 0 Å². The molecule has 10 heteroatoms. The lowest BCUT2D eigenvalue weighted by Gasteiger charge is -2.44. The second kappa shape index (κ2) is 17.3. The molecule has 0 spiro atoms. The Kier molecular flexibility index (Phi) is 18.3. The lowest BCUT2D eigenvalue weighted by molar-refractivity contribution is -0.607. The number of hydrogen-bond acceptors (Lipinski definition) is 2. The predicted octanol–water partition coefficient (Wildman–Crippen LogP) is 6.75. The van der Waals surface area contributed by atoms with Gasteiger partial charge in [0.25, 0.3) is 0 Å². The molecule has 0 aromatic heterocycles. The summed E-state index contributed by atoms with van der Waals surface area (Å²) in [6.07, 6.45) is 9.55. The highest BCUT2D eigenvalue weighted by molar-refractivity contribution is 7.57. The highest BCUT2D eigenvalue weighted by atomic mass is 31.2. The molecule has 0 aromatic rings. The van der Waals surface area contributed by atoms with Crippen molar-refractivity contribution in [3.63, 3.8) is 0 Å². The SMILES string of the molecule is C=CC(=O)OC(CC[N+](PCC)(PCC)PCC)[N+](PCC)(PCC)PCC. The smallest absolute Gasteiger partial charge is 0.334 e. The van der Waals surface area contributed by atoms with Gasteiger partial charge in [0.2, 0.25) is 6.23 Å². The molecule has 0 fully saturated rings. The molecule has 0 aromatic carbocycles. The molecule has 0 N–H and O–H groups in total. The zero-order valence-corrected chi connectivity index (χ0v) is 24.7. The van der Waals surface area contributed by atoms with Crippen LogP contribution in [0.1, 0.15) is 48.0 Å². The standard InChI is InChI=1S/C18H44N2O2P6/c1-8-18(21)22-17(20(26-12-5,27-13-6)28-14-7)15-16-19(23-9-2,24-10-3)25-11-4/h8,17,23-28H,1,9-16H2,2-7H3/q+2. The first-order valence-corrected chi connectivity index (χ1v) is 17.5. The van der Waals surface area contributed by atoms with Crippen molar-refractivity contribution >= 4 is 58.4 Å². The Morgan fingerprint density at radius 2 is 1.21 bits per heavy atom. The Morgan fingerprint density at radius 1 is 0.821 bits per heavy atom. The average molecular weight is 506 g/mol. The van der Waals surface area contributed by atoms with Crippen molar-refractivity contribution in [2.45, 2.75) is 54.2 Å². The molecule has 0 amide bonds. The summed E-state index contributed by atoms with van der Waals surface area (Å²) in [4.78, 5) is 12.2. The molecule has 0 aliphatic rings. The summed E-state index contributed by atoms with van der Waals surface area (Å²) in [5.41, 5.74) is 0. The van der Waals surface area contributed by atoms with Crippen molar-refractivity contribution in [1.29, 1.82) is 0 Å². The molecule has 166 valence electrons. The Balaban J connectivity index is 5.76. The Hall–Kier alpha value is 1.71. The first-order chi connectivity index (χ1) is 13.4. The van der Waals surface area contributed by atoms with Crippen molar-refractivity contribution in [3.05, 3.63) is 12.7 Å². The van der Waals surface area contributed by atoms with Gasteiger partial charge < -0.3 is 4.74 Å². The molecule has 0 heterocycles. The topological polar surface area (TPSA) is 26.3 Å². The molecule has 0 saturated carbocycles. The number of hydrogen-bond donors (Lipinski definition) is 0. The number of carbonyl (C=O) groups is 1. The maximum atomic E-state index is 12.2. The van der Waals surface area contributed by atoms with Gasteiger partial charge in [0.1, 0.15) is 0 Å². The van der Waals surface area contributed by atoms with E-state index >= 15 is 0 Å². The Bertz CT molecular complexity index is 408. The van der Waals surface area contributed by atoms with Crippen molar-refractivity contribution in [2.24, 2.45) is 0 Å². The van der Waals surface area contributed by atoms with Crippen molar-refractivity contribution in [1.82, 2.24) is 0 Å². The van der Waals surface area contributed by atoms with Crippen LogP contribution < -0.4 is 0 Å². The van der Waals surface area contributed by atoms with Crippen LogP contribution in [0.2, 0.25) is 0 Å². The van der Waals surface area contributed by atoms with Crippen LogP contribution in [0.25, 0.3) is 0 Å². The monoisotopic (exact) mass is 506 g/mol. The van der Waals surface area contributed by atoms with E-state index in [1.165, 1.54) is 28.4 Å². The first-order valence-electron chi connectivity index (χ1n) is 10.5. The van der Waals surface area contributed by atoms with Crippen LogP contribution in [-0.4, -0.2) is 63.3 Å². The maximum Gasteiger partial charge on any atom is 0.334 e. The quantitative estimate of drug-likeness (QED) is 0.0891. The molecular weight excluding hydrogens is 462 g/mol. The minimum atomic E-state index is -0.248. The number of ether oxygens (including phenoxy) is 1. The maximum absolute atomic E-state index is 12.2. The minimum Gasteiger partial charge on any atom is -0.409 e. The van der Waals surface area contributed by atoms with Gasteiger partial charge in [-0.05, 0) is 0 Å². The molecule has 0 rings (SSSR count). The number of rotatable bonds is 18. The molecule has 28 heavy (non-hydrogen) atoms. The molecule has 0 saturated heterocycles. The third-order valence-electron chi connectivity index (χ3n) is 4.07. The van der Waals surface area contributed by atoms with Crippen LogP contribution in [0, 0.1) is 0 Å². The van der Waals surface area contributed by atoms with Crippen molar-refractivity contribution in [2.75, 3.05) is 43.5 Å². The van der Waals surface area contributed by atoms with Gasteiger partial charge in [0, 0.05) is 43.0 Å². The van der Waals surface area contributed by atoms with Crippen molar-refractivity contribution in [3.8, 4) is 0 Å². The zero-order chi connectivity index (χ0) is 21.5. The normalized spacial score (nSPS) is 19.4. The Labute approximate surface area is 185 Å². The molecule has 0 aliphatic heterocycles. The van der Waals surface area contributed by atoms with Crippen LogP contribution >= 0.6 is 52.4 Å². The van der Waals surface area contributed by atoms with E-state index in [0.717, 1.165) is 87.6 Å². The molecule has 7 atom stereocenters. The van der Waals surface area contributed by atoms with Gasteiger partial charge in [-0.1, -0.05) is 48.1 Å². The molecule has 4 nitrogen and oxygen atoms in total. The van der Waals surface area contributed by atoms with Gasteiger partial charge in [-0.3, -0.25) is 7.59 Å². The van der Waals surface area contributed by atoms with E-state index in [-0.39, 0.29) is 12.2 Å². The van der Waals surface area contributed by atoms with Gasteiger partial charge in [-0.2, -0.15) is 0 Å². The van der Waals surface area contributed by atoms with E-state index < -0.39 is 0 Å². The van der Waals surface area contributed by atoms with E-state index in [1.807, 2.05) is 0 Å². The van der Waals surface area contributed by atoms with Crippen LogP contribution in [0.3, 0.4) is 0 Å².